The van der Waals surface area contributed by atoms with E-state index in [1.54, 1.807) is 24.3 Å². The van der Waals surface area contributed by atoms with Crippen molar-refractivity contribution in [3.8, 4) is 0 Å². The predicted molar refractivity (Wildman–Crippen MR) is 100 cm³/mol. The van der Waals surface area contributed by atoms with Crippen LogP contribution in [0.5, 0.6) is 0 Å². The molecule has 0 aromatic heterocycles. The lowest BCUT2D eigenvalue weighted by Crippen LogP contribution is -2.49. The summed E-state index contributed by atoms with van der Waals surface area (Å²) in [5.74, 6) is -4.89. The van der Waals surface area contributed by atoms with E-state index in [2.05, 4.69) is 15.9 Å². The second-order valence-electron chi connectivity index (χ2n) is 7.33. The summed E-state index contributed by atoms with van der Waals surface area (Å²) in [6.07, 6.45) is 1.32. The molecule has 148 valence electrons. The molecule has 3 rings (SSSR count). The molecule has 8 heteroatoms. The van der Waals surface area contributed by atoms with Crippen LogP contribution in [0.25, 0.3) is 0 Å². The molecular weight excluding hydrogens is 422 g/mol. The zero-order valence-electron chi connectivity index (χ0n) is 14.8. The molecule has 1 aliphatic heterocycles. The van der Waals surface area contributed by atoms with Crippen molar-refractivity contribution in [1.29, 1.82) is 5.41 Å². The van der Waals surface area contributed by atoms with Crippen LogP contribution in [0.4, 0.5) is 8.78 Å². The second-order valence-corrected chi connectivity index (χ2v) is 8.24. The number of piperidine rings is 1. The zero-order chi connectivity index (χ0) is 19.7. The van der Waals surface area contributed by atoms with Crippen molar-refractivity contribution in [2.75, 3.05) is 13.1 Å². The molecule has 1 saturated heterocycles. The number of alkyl halides is 2. The third-order valence-corrected chi connectivity index (χ3v) is 6.11. The number of carboxylic acids is 1. The van der Waals surface area contributed by atoms with Gasteiger partial charge in [-0.15, -0.1) is 0 Å². The maximum absolute atomic E-state index is 14.0. The highest BCUT2D eigenvalue weighted by molar-refractivity contribution is 9.10. The highest BCUT2D eigenvalue weighted by Crippen LogP contribution is 2.50. The molecule has 2 atom stereocenters. The van der Waals surface area contributed by atoms with Gasteiger partial charge in [-0.25, -0.2) is 13.6 Å². The van der Waals surface area contributed by atoms with Crippen LogP contribution in [-0.4, -0.2) is 47.4 Å². The Morgan fingerprint density at radius 3 is 2.41 bits per heavy atom. The SMILES string of the molecule is N=CN1CCC(O[C@@](C(=O)O)(c2ccc(Br)cc2)[C@@H]2CCC(F)(F)C2)CC1. The lowest BCUT2D eigenvalue weighted by atomic mass is 9.79. The van der Waals surface area contributed by atoms with E-state index in [1.807, 2.05) is 4.90 Å². The monoisotopic (exact) mass is 444 g/mol. The van der Waals surface area contributed by atoms with E-state index < -0.39 is 29.8 Å². The summed E-state index contributed by atoms with van der Waals surface area (Å²) < 4.78 is 34.9. The Balaban J connectivity index is 1.95. The van der Waals surface area contributed by atoms with Gasteiger partial charge in [-0.3, -0.25) is 5.41 Å². The molecule has 0 spiro atoms. The van der Waals surface area contributed by atoms with Crippen molar-refractivity contribution in [1.82, 2.24) is 4.90 Å². The molecule has 2 fully saturated rings. The van der Waals surface area contributed by atoms with E-state index >= 15 is 0 Å². The number of rotatable bonds is 6. The van der Waals surface area contributed by atoms with Crippen molar-refractivity contribution in [2.24, 2.45) is 5.92 Å². The number of carboxylic acid groups (broad SMARTS) is 1. The van der Waals surface area contributed by atoms with Gasteiger partial charge in [-0.1, -0.05) is 28.1 Å². The molecule has 0 bridgehead atoms. The summed E-state index contributed by atoms with van der Waals surface area (Å²) in [5.41, 5.74) is -1.40. The number of aliphatic carboxylic acids is 1. The molecule has 2 N–H and O–H groups in total. The molecule has 1 aromatic carbocycles. The van der Waals surface area contributed by atoms with Gasteiger partial charge in [0.2, 0.25) is 5.92 Å². The van der Waals surface area contributed by atoms with E-state index in [0.29, 0.717) is 31.5 Å². The lowest BCUT2D eigenvalue weighted by molar-refractivity contribution is -0.193. The van der Waals surface area contributed by atoms with Crippen molar-refractivity contribution in [3.63, 3.8) is 0 Å². The summed E-state index contributed by atoms with van der Waals surface area (Å²) in [6.45, 7) is 1.18. The van der Waals surface area contributed by atoms with Crippen LogP contribution in [0.2, 0.25) is 0 Å². The molecule has 2 aliphatic rings. The number of hydrogen-bond donors (Lipinski definition) is 2. The Bertz CT molecular complexity index is 693. The number of benzene rings is 1. The Morgan fingerprint density at radius 2 is 1.93 bits per heavy atom. The maximum Gasteiger partial charge on any atom is 0.340 e. The summed E-state index contributed by atoms with van der Waals surface area (Å²) in [4.78, 5) is 14.3. The Kier molecular flexibility index (Phi) is 5.86. The predicted octanol–water partition coefficient (Wildman–Crippen LogP) is 4.25. The third-order valence-electron chi connectivity index (χ3n) is 5.58. The van der Waals surface area contributed by atoms with Crippen molar-refractivity contribution in [2.45, 2.75) is 49.7 Å². The number of likely N-dealkylation sites (tertiary alicyclic amines) is 1. The first-order valence-electron chi connectivity index (χ1n) is 9.06. The van der Waals surface area contributed by atoms with Gasteiger partial charge in [0.05, 0.1) is 12.4 Å². The van der Waals surface area contributed by atoms with Crippen LogP contribution in [0.3, 0.4) is 0 Å². The fourth-order valence-corrected chi connectivity index (χ4v) is 4.39. The Labute approximate surface area is 165 Å². The number of halogens is 3. The topological polar surface area (TPSA) is 73.6 Å². The largest absolute Gasteiger partial charge is 0.479 e. The third kappa shape index (κ3) is 4.16. The van der Waals surface area contributed by atoms with Gasteiger partial charge in [0.1, 0.15) is 0 Å². The van der Waals surface area contributed by atoms with E-state index in [1.165, 1.54) is 6.34 Å². The maximum atomic E-state index is 14.0. The molecule has 1 saturated carbocycles. The Hall–Kier alpha value is -1.54. The minimum Gasteiger partial charge on any atom is -0.479 e. The van der Waals surface area contributed by atoms with Crippen molar-refractivity contribution < 1.29 is 23.4 Å². The van der Waals surface area contributed by atoms with E-state index in [4.69, 9.17) is 10.1 Å². The molecule has 1 heterocycles. The van der Waals surface area contributed by atoms with Crippen LogP contribution in [-0.2, 0) is 15.1 Å². The van der Waals surface area contributed by atoms with Gasteiger partial charge < -0.3 is 14.7 Å². The highest BCUT2D eigenvalue weighted by atomic mass is 79.9. The number of nitrogens with zero attached hydrogens (tertiary/aromatic N) is 1. The molecule has 0 radical (unpaired) electrons. The van der Waals surface area contributed by atoms with E-state index in [0.717, 1.165) is 4.47 Å². The van der Waals surface area contributed by atoms with Gasteiger partial charge in [-0.05, 0) is 37.0 Å². The van der Waals surface area contributed by atoms with Gasteiger partial charge in [0.15, 0.2) is 5.60 Å². The zero-order valence-corrected chi connectivity index (χ0v) is 16.4. The number of ether oxygens (including phenoxy) is 1. The van der Waals surface area contributed by atoms with Crippen LogP contribution < -0.4 is 0 Å². The first-order valence-corrected chi connectivity index (χ1v) is 9.86. The molecule has 27 heavy (non-hydrogen) atoms. The average molecular weight is 445 g/mol. The minimum atomic E-state index is -2.87. The van der Waals surface area contributed by atoms with Crippen molar-refractivity contribution >= 4 is 28.2 Å². The normalized spacial score (nSPS) is 25.1. The summed E-state index contributed by atoms with van der Waals surface area (Å²) in [6, 6.07) is 6.70. The molecule has 0 unspecified atom stereocenters. The van der Waals surface area contributed by atoms with Gasteiger partial charge >= 0.3 is 5.97 Å². The number of hydrogen-bond acceptors (Lipinski definition) is 3. The first kappa shape index (κ1) is 20.2. The molecular formula is C19H23BrF2N2O3. The van der Waals surface area contributed by atoms with Crippen LogP contribution in [0.15, 0.2) is 28.7 Å². The second kappa shape index (κ2) is 7.83. The smallest absolute Gasteiger partial charge is 0.340 e. The molecule has 0 amide bonds. The fraction of sp³-hybridized carbons (Fsp3) is 0.579. The molecule has 1 aliphatic carbocycles. The quantitative estimate of drug-likeness (QED) is 0.507. The van der Waals surface area contributed by atoms with Crippen LogP contribution in [0.1, 0.15) is 37.7 Å². The van der Waals surface area contributed by atoms with Crippen molar-refractivity contribution in [3.05, 3.63) is 34.3 Å². The summed E-state index contributed by atoms with van der Waals surface area (Å²) >= 11 is 3.33. The molecule has 1 aromatic rings. The lowest BCUT2D eigenvalue weighted by Gasteiger charge is -2.41. The standard InChI is InChI=1S/C19H23BrF2N2O3/c20-15-3-1-13(2-4-15)19(17(25)26,14-5-8-18(21,22)11-14)27-16-6-9-24(12-23)10-7-16/h1-4,12,14,16,23H,5-11H2,(H,25,26)/t14-,19+/m1/s1. The fourth-order valence-electron chi connectivity index (χ4n) is 4.13. The van der Waals surface area contributed by atoms with Crippen LogP contribution in [0, 0.1) is 11.3 Å². The number of carbonyl (C=O) groups is 1. The van der Waals surface area contributed by atoms with Gasteiger partial charge in [-0.2, -0.15) is 0 Å². The van der Waals surface area contributed by atoms with E-state index in [9.17, 15) is 18.7 Å². The van der Waals surface area contributed by atoms with E-state index in [-0.39, 0.29) is 18.9 Å². The first-order chi connectivity index (χ1) is 12.8. The van der Waals surface area contributed by atoms with Crippen LogP contribution >= 0.6 is 15.9 Å². The number of nitrogens with one attached hydrogen (secondary N) is 1. The summed E-state index contributed by atoms with van der Waals surface area (Å²) in [7, 11) is 0. The van der Waals surface area contributed by atoms with Gasteiger partial charge in [0.25, 0.3) is 0 Å². The average Bonchev–Trinajstić information content (AvgIpc) is 3.01. The van der Waals surface area contributed by atoms with Gasteiger partial charge in [0, 0.05) is 36.3 Å². The minimum absolute atomic E-state index is 0.106. The highest BCUT2D eigenvalue weighted by Gasteiger charge is 2.56. The Morgan fingerprint density at radius 1 is 1.30 bits per heavy atom. The molecule has 5 nitrogen and oxygen atoms in total. The summed E-state index contributed by atoms with van der Waals surface area (Å²) in [5, 5.41) is 17.5.